The Bertz CT molecular complexity index is 476. The van der Waals surface area contributed by atoms with Crippen molar-refractivity contribution in [3.8, 4) is 5.88 Å². The van der Waals surface area contributed by atoms with Gasteiger partial charge in [-0.1, -0.05) is 6.07 Å². The molecule has 6 nitrogen and oxygen atoms in total. The van der Waals surface area contributed by atoms with Gasteiger partial charge in [-0.3, -0.25) is 9.59 Å². The van der Waals surface area contributed by atoms with Gasteiger partial charge in [0.2, 0.25) is 17.7 Å². The number of aromatic nitrogens is 1. The first-order valence-electron chi connectivity index (χ1n) is 6.34. The maximum Gasteiger partial charge on any atom is 0.242 e. The van der Waals surface area contributed by atoms with E-state index in [0.717, 1.165) is 5.56 Å². The van der Waals surface area contributed by atoms with E-state index >= 15 is 0 Å². The number of hydrogen-bond donors (Lipinski definition) is 2. The summed E-state index contributed by atoms with van der Waals surface area (Å²) in [5.41, 5.74) is 0.821. The highest BCUT2D eigenvalue weighted by Gasteiger charge is 2.26. The van der Waals surface area contributed by atoms with Gasteiger partial charge in [0.15, 0.2) is 0 Å². The first kappa shape index (κ1) is 13.3. The van der Waals surface area contributed by atoms with Crippen LogP contribution in [0.25, 0.3) is 0 Å². The molecule has 0 aliphatic carbocycles. The summed E-state index contributed by atoms with van der Waals surface area (Å²) >= 11 is 0. The lowest BCUT2D eigenvalue weighted by molar-refractivity contribution is -0.125. The summed E-state index contributed by atoms with van der Waals surface area (Å²) in [6.07, 6.45) is 2.61. The monoisotopic (exact) mass is 263 g/mol. The predicted molar refractivity (Wildman–Crippen MR) is 68.4 cm³/mol. The fourth-order valence-electron chi connectivity index (χ4n) is 1.94. The fraction of sp³-hybridized carbons (Fsp3) is 0.462. The number of pyridine rings is 1. The Morgan fingerprint density at radius 1 is 1.63 bits per heavy atom. The lowest BCUT2D eigenvalue weighted by Crippen LogP contribution is -2.41. The molecule has 0 bridgehead atoms. The molecule has 0 spiro atoms. The van der Waals surface area contributed by atoms with E-state index in [4.69, 9.17) is 4.74 Å². The molecule has 0 aromatic carbocycles. The van der Waals surface area contributed by atoms with Gasteiger partial charge in [0.1, 0.15) is 6.04 Å². The molecule has 1 aromatic heterocycles. The largest absolute Gasteiger partial charge is 0.478 e. The number of hydrogen-bond acceptors (Lipinski definition) is 4. The Hall–Kier alpha value is -2.11. The number of amides is 2. The normalized spacial score (nSPS) is 17.9. The van der Waals surface area contributed by atoms with Crippen LogP contribution < -0.4 is 15.4 Å². The van der Waals surface area contributed by atoms with Crippen LogP contribution in [-0.2, 0) is 16.1 Å². The van der Waals surface area contributed by atoms with E-state index in [0.29, 0.717) is 31.9 Å². The van der Waals surface area contributed by atoms with Crippen molar-refractivity contribution in [2.75, 3.05) is 6.61 Å². The SMILES string of the molecule is CCOc1ncccc1CNC(=O)[C@H]1CCC(=O)N1. The van der Waals surface area contributed by atoms with Crippen molar-refractivity contribution in [1.82, 2.24) is 15.6 Å². The van der Waals surface area contributed by atoms with Crippen LogP contribution in [-0.4, -0.2) is 29.4 Å². The van der Waals surface area contributed by atoms with Crippen molar-refractivity contribution in [3.63, 3.8) is 0 Å². The van der Waals surface area contributed by atoms with Gasteiger partial charge in [-0.05, 0) is 19.4 Å². The number of ether oxygens (including phenoxy) is 1. The molecule has 1 aliphatic rings. The molecule has 0 saturated carbocycles. The predicted octanol–water partition coefficient (Wildman–Crippen LogP) is 0.375. The molecule has 1 aliphatic heterocycles. The van der Waals surface area contributed by atoms with E-state index < -0.39 is 6.04 Å². The minimum absolute atomic E-state index is 0.0727. The third kappa shape index (κ3) is 3.43. The van der Waals surface area contributed by atoms with E-state index in [1.165, 1.54) is 0 Å². The van der Waals surface area contributed by atoms with Gasteiger partial charge in [-0.2, -0.15) is 0 Å². The average Bonchev–Trinajstić information content (AvgIpc) is 2.84. The molecule has 19 heavy (non-hydrogen) atoms. The van der Waals surface area contributed by atoms with Crippen molar-refractivity contribution >= 4 is 11.8 Å². The Balaban J connectivity index is 1.91. The standard InChI is InChI=1S/C13H17N3O3/c1-2-19-13-9(4-3-7-14-13)8-15-12(18)10-5-6-11(17)16-10/h3-4,7,10H,2,5-6,8H2,1H3,(H,15,18)(H,16,17)/t10-/m1/s1. The van der Waals surface area contributed by atoms with Crippen LogP contribution in [0.3, 0.4) is 0 Å². The molecule has 1 atom stereocenters. The average molecular weight is 263 g/mol. The molecular formula is C13H17N3O3. The molecule has 2 amide bonds. The van der Waals surface area contributed by atoms with Crippen molar-refractivity contribution < 1.29 is 14.3 Å². The summed E-state index contributed by atoms with van der Waals surface area (Å²) < 4.78 is 5.38. The van der Waals surface area contributed by atoms with Gasteiger partial charge in [0, 0.05) is 24.7 Å². The van der Waals surface area contributed by atoms with E-state index in [1.807, 2.05) is 13.0 Å². The number of rotatable bonds is 5. The Labute approximate surface area is 111 Å². The van der Waals surface area contributed by atoms with Crippen molar-refractivity contribution in [2.24, 2.45) is 0 Å². The number of nitrogens with one attached hydrogen (secondary N) is 2. The molecule has 1 saturated heterocycles. The second-order valence-electron chi connectivity index (χ2n) is 4.28. The topological polar surface area (TPSA) is 80.3 Å². The van der Waals surface area contributed by atoms with Gasteiger partial charge < -0.3 is 15.4 Å². The lowest BCUT2D eigenvalue weighted by Gasteiger charge is -2.12. The summed E-state index contributed by atoms with van der Waals surface area (Å²) in [4.78, 5) is 27.0. The number of carbonyl (C=O) groups excluding carboxylic acids is 2. The molecule has 1 aromatic rings. The zero-order valence-corrected chi connectivity index (χ0v) is 10.8. The first-order chi connectivity index (χ1) is 9.20. The highest BCUT2D eigenvalue weighted by atomic mass is 16.5. The minimum Gasteiger partial charge on any atom is -0.478 e. The lowest BCUT2D eigenvalue weighted by atomic mass is 10.2. The molecule has 102 valence electrons. The summed E-state index contributed by atoms with van der Waals surface area (Å²) in [5, 5.41) is 5.42. The summed E-state index contributed by atoms with van der Waals surface area (Å²) in [6.45, 7) is 2.75. The second-order valence-corrected chi connectivity index (χ2v) is 4.28. The van der Waals surface area contributed by atoms with Crippen molar-refractivity contribution in [1.29, 1.82) is 0 Å². The molecule has 0 radical (unpaired) electrons. The molecule has 2 rings (SSSR count). The Morgan fingerprint density at radius 2 is 2.47 bits per heavy atom. The van der Waals surface area contributed by atoms with E-state index in [9.17, 15) is 9.59 Å². The number of carbonyl (C=O) groups is 2. The molecule has 2 heterocycles. The molecule has 0 unspecified atom stereocenters. The molecular weight excluding hydrogens is 246 g/mol. The summed E-state index contributed by atoms with van der Waals surface area (Å²) in [6, 6.07) is 3.23. The number of nitrogens with zero attached hydrogens (tertiary/aromatic N) is 1. The highest BCUT2D eigenvalue weighted by molar-refractivity contribution is 5.90. The van der Waals surface area contributed by atoms with E-state index in [2.05, 4.69) is 15.6 Å². The van der Waals surface area contributed by atoms with Crippen LogP contribution in [0.4, 0.5) is 0 Å². The van der Waals surface area contributed by atoms with Crippen LogP contribution in [0, 0.1) is 0 Å². The first-order valence-corrected chi connectivity index (χ1v) is 6.34. The Kier molecular flexibility index (Phi) is 4.33. The van der Waals surface area contributed by atoms with Crippen molar-refractivity contribution in [3.05, 3.63) is 23.9 Å². The van der Waals surface area contributed by atoms with Crippen LogP contribution >= 0.6 is 0 Å². The van der Waals surface area contributed by atoms with Gasteiger partial charge in [0.25, 0.3) is 0 Å². The van der Waals surface area contributed by atoms with Crippen LogP contribution in [0.2, 0.25) is 0 Å². The van der Waals surface area contributed by atoms with E-state index in [1.54, 1.807) is 12.3 Å². The quantitative estimate of drug-likeness (QED) is 0.804. The second kappa shape index (κ2) is 6.17. The van der Waals surface area contributed by atoms with Crippen molar-refractivity contribution in [2.45, 2.75) is 32.4 Å². The van der Waals surface area contributed by atoms with Crippen LogP contribution in [0.1, 0.15) is 25.3 Å². The molecule has 2 N–H and O–H groups in total. The van der Waals surface area contributed by atoms with Gasteiger partial charge in [-0.15, -0.1) is 0 Å². The fourth-order valence-corrected chi connectivity index (χ4v) is 1.94. The molecule has 1 fully saturated rings. The summed E-state index contributed by atoms with van der Waals surface area (Å²) in [7, 11) is 0. The van der Waals surface area contributed by atoms with Gasteiger partial charge >= 0.3 is 0 Å². The summed E-state index contributed by atoms with van der Waals surface area (Å²) in [5.74, 6) is 0.287. The van der Waals surface area contributed by atoms with Crippen LogP contribution in [0.5, 0.6) is 5.88 Å². The van der Waals surface area contributed by atoms with Crippen LogP contribution in [0.15, 0.2) is 18.3 Å². The zero-order chi connectivity index (χ0) is 13.7. The Morgan fingerprint density at radius 3 is 3.16 bits per heavy atom. The van der Waals surface area contributed by atoms with Gasteiger partial charge in [-0.25, -0.2) is 4.98 Å². The maximum atomic E-state index is 11.8. The smallest absolute Gasteiger partial charge is 0.242 e. The third-order valence-corrected chi connectivity index (χ3v) is 2.90. The minimum atomic E-state index is -0.417. The third-order valence-electron chi connectivity index (χ3n) is 2.90. The van der Waals surface area contributed by atoms with Gasteiger partial charge in [0.05, 0.1) is 6.61 Å². The van der Waals surface area contributed by atoms with E-state index in [-0.39, 0.29) is 11.8 Å². The molecule has 6 heteroatoms. The zero-order valence-electron chi connectivity index (χ0n) is 10.8. The highest BCUT2D eigenvalue weighted by Crippen LogP contribution is 2.14. The maximum absolute atomic E-state index is 11.8.